The number of amides is 2. The Morgan fingerprint density at radius 1 is 1.25 bits per heavy atom. The first-order valence-electron chi connectivity index (χ1n) is 7.39. The fraction of sp³-hybridized carbons (Fsp3) is 0.118. The van der Waals surface area contributed by atoms with Gasteiger partial charge in [-0.15, -0.1) is 0 Å². The third-order valence-electron chi connectivity index (χ3n) is 3.27. The van der Waals surface area contributed by atoms with Crippen LogP contribution in [0, 0.1) is 11.3 Å². The molecule has 2 N–H and O–H groups in total. The Labute approximate surface area is 138 Å². The van der Waals surface area contributed by atoms with Crippen molar-refractivity contribution in [2.24, 2.45) is 0 Å². The number of benzene rings is 1. The van der Waals surface area contributed by atoms with Crippen molar-refractivity contribution >= 4 is 23.0 Å². The third-order valence-corrected chi connectivity index (χ3v) is 3.27. The molecular formula is C17H14N6O. The van der Waals surface area contributed by atoms with Gasteiger partial charge in [-0.2, -0.15) is 5.26 Å². The molecule has 3 aromatic rings. The molecule has 0 saturated heterocycles. The monoisotopic (exact) mass is 318 g/mol. The minimum Gasteiger partial charge on any atom is -0.338 e. The summed E-state index contributed by atoms with van der Waals surface area (Å²) in [5.41, 5.74) is 2.99. The van der Waals surface area contributed by atoms with Gasteiger partial charge in [-0.1, -0.05) is 12.1 Å². The molecule has 0 aliphatic rings. The van der Waals surface area contributed by atoms with Crippen molar-refractivity contribution in [2.75, 3.05) is 11.9 Å². The summed E-state index contributed by atoms with van der Waals surface area (Å²) in [7, 11) is 0. The molecule has 0 aliphatic carbocycles. The molecule has 7 heteroatoms. The minimum atomic E-state index is -0.324. The highest BCUT2D eigenvalue weighted by molar-refractivity contribution is 5.89. The fourth-order valence-corrected chi connectivity index (χ4v) is 2.18. The molecule has 0 unspecified atom stereocenters. The first-order valence-corrected chi connectivity index (χ1v) is 7.39. The van der Waals surface area contributed by atoms with Crippen LogP contribution in [0.5, 0.6) is 0 Å². The van der Waals surface area contributed by atoms with Crippen molar-refractivity contribution < 1.29 is 4.79 Å². The second-order valence-corrected chi connectivity index (χ2v) is 4.97. The van der Waals surface area contributed by atoms with Crippen LogP contribution in [0.25, 0.3) is 22.4 Å². The number of hydrogen-bond acceptors (Lipinski definition) is 5. The maximum absolute atomic E-state index is 11.6. The SMILES string of the molecule is CCNC(=O)Nc1ccc2ncc(-c3cccc(C#N)c3)nc2n1. The van der Waals surface area contributed by atoms with Crippen LogP contribution in [0.4, 0.5) is 10.6 Å². The van der Waals surface area contributed by atoms with Gasteiger partial charge in [0, 0.05) is 12.1 Å². The second-order valence-electron chi connectivity index (χ2n) is 4.97. The van der Waals surface area contributed by atoms with Gasteiger partial charge >= 0.3 is 6.03 Å². The molecule has 0 atom stereocenters. The van der Waals surface area contributed by atoms with Gasteiger partial charge in [0.15, 0.2) is 5.65 Å². The average Bonchev–Trinajstić information content (AvgIpc) is 2.61. The molecule has 0 fully saturated rings. The lowest BCUT2D eigenvalue weighted by molar-refractivity contribution is 0.252. The van der Waals surface area contributed by atoms with Gasteiger partial charge in [0.25, 0.3) is 0 Å². The van der Waals surface area contributed by atoms with Gasteiger partial charge in [-0.25, -0.2) is 14.8 Å². The Hall–Kier alpha value is -3.53. The summed E-state index contributed by atoms with van der Waals surface area (Å²) in [6.45, 7) is 2.36. The number of pyridine rings is 1. The zero-order chi connectivity index (χ0) is 16.9. The van der Waals surface area contributed by atoms with E-state index >= 15 is 0 Å². The van der Waals surface area contributed by atoms with E-state index in [0.717, 1.165) is 5.56 Å². The molecule has 0 spiro atoms. The number of aromatic nitrogens is 3. The van der Waals surface area contributed by atoms with E-state index in [9.17, 15) is 4.79 Å². The Morgan fingerprint density at radius 3 is 2.92 bits per heavy atom. The largest absolute Gasteiger partial charge is 0.338 e. The molecule has 0 saturated carbocycles. The van der Waals surface area contributed by atoms with Gasteiger partial charge in [0.1, 0.15) is 11.3 Å². The van der Waals surface area contributed by atoms with E-state index in [2.05, 4.69) is 31.7 Å². The van der Waals surface area contributed by atoms with E-state index in [1.54, 1.807) is 36.5 Å². The normalized spacial score (nSPS) is 10.2. The molecule has 2 aromatic heterocycles. The summed E-state index contributed by atoms with van der Waals surface area (Å²) in [4.78, 5) is 24.7. The zero-order valence-corrected chi connectivity index (χ0v) is 12.9. The Balaban J connectivity index is 1.97. The number of nitrogens with zero attached hydrogens (tertiary/aromatic N) is 4. The van der Waals surface area contributed by atoms with Crippen LogP contribution in [0.15, 0.2) is 42.6 Å². The average molecular weight is 318 g/mol. The topological polar surface area (TPSA) is 104 Å². The number of fused-ring (bicyclic) bond motifs is 1. The van der Waals surface area contributed by atoms with Crippen LogP contribution >= 0.6 is 0 Å². The minimum absolute atomic E-state index is 0.324. The molecule has 0 aliphatic heterocycles. The first-order chi connectivity index (χ1) is 11.7. The lowest BCUT2D eigenvalue weighted by Gasteiger charge is -2.06. The maximum Gasteiger partial charge on any atom is 0.320 e. The number of rotatable bonds is 3. The summed E-state index contributed by atoms with van der Waals surface area (Å²) in [5, 5.41) is 14.3. The van der Waals surface area contributed by atoms with Crippen LogP contribution in [-0.4, -0.2) is 27.5 Å². The smallest absolute Gasteiger partial charge is 0.320 e. The predicted molar refractivity (Wildman–Crippen MR) is 90.2 cm³/mol. The predicted octanol–water partition coefficient (Wildman–Crippen LogP) is 2.70. The quantitative estimate of drug-likeness (QED) is 0.772. The van der Waals surface area contributed by atoms with Crippen LogP contribution in [0.1, 0.15) is 12.5 Å². The van der Waals surface area contributed by atoms with E-state index in [0.29, 0.717) is 34.8 Å². The molecule has 2 amide bonds. The lowest BCUT2D eigenvalue weighted by Crippen LogP contribution is -2.28. The molecule has 24 heavy (non-hydrogen) atoms. The Bertz CT molecular complexity index is 947. The molecule has 2 heterocycles. The van der Waals surface area contributed by atoms with Crippen molar-refractivity contribution in [1.29, 1.82) is 5.26 Å². The zero-order valence-electron chi connectivity index (χ0n) is 12.9. The third kappa shape index (κ3) is 3.28. The first kappa shape index (κ1) is 15.4. The van der Waals surface area contributed by atoms with Crippen LogP contribution in [0.3, 0.4) is 0 Å². The molecule has 3 rings (SSSR count). The van der Waals surface area contributed by atoms with Crippen molar-refractivity contribution in [3.05, 3.63) is 48.2 Å². The summed E-state index contributed by atoms with van der Waals surface area (Å²) < 4.78 is 0. The van der Waals surface area contributed by atoms with E-state index in [-0.39, 0.29) is 6.03 Å². The Morgan fingerprint density at radius 2 is 2.12 bits per heavy atom. The second kappa shape index (κ2) is 6.71. The number of hydrogen-bond donors (Lipinski definition) is 2. The van der Waals surface area contributed by atoms with Gasteiger partial charge in [0.2, 0.25) is 0 Å². The summed E-state index contributed by atoms with van der Waals surface area (Å²) >= 11 is 0. The Kier molecular flexibility index (Phi) is 4.29. The van der Waals surface area contributed by atoms with Gasteiger partial charge < -0.3 is 5.32 Å². The summed E-state index contributed by atoms with van der Waals surface area (Å²) in [6.07, 6.45) is 1.64. The van der Waals surface area contributed by atoms with Crippen molar-refractivity contribution in [1.82, 2.24) is 20.3 Å². The van der Waals surface area contributed by atoms with Crippen molar-refractivity contribution in [2.45, 2.75) is 6.92 Å². The highest BCUT2D eigenvalue weighted by Crippen LogP contribution is 2.20. The standard InChI is InChI=1S/C17H14N6O/c1-2-19-17(24)23-15-7-6-13-16(22-15)21-14(10-20-13)12-5-3-4-11(8-12)9-18/h3-8,10H,2H2,1H3,(H2,19,21,22,23,24). The van der Waals surface area contributed by atoms with Gasteiger partial charge in [-0.3, -0.25) is 10.3 Å². The number of nitriles is 1. The van der Waals surface area contributed by atoms with E-state index < -0.39 is 0 Å². The lowest BCUT2D eigenvalue weighted by atomic mass is 10.1. The van der Waals surface area contributed by atoms with Crippen molar-refractivity contribution in [3.63, 3.8) is 0 Å². The summed E-state index contributed by atoms with van der Waals surface area (Å²) in [5.74, 6) is 0.394. The van der Waals surface area contributed by atoms with E-state index in [1.165, 1.54) is 0 Å². The molecule has 7 nitrogen and oxygen atoms in total. The maximum atomic E-state index is 11.6. The number of nitrogens with one attached hydrogen (secondary N) is 2. The van der Waals surface area contributed by atoms with E-state index in [4.69, 9.17) is 5.26 Å². The van der Waals surface area contributed by atoms with Crippen LogP contribution in [-0.2, 0) is 0 Å². The highest BCUT2D eigenvalue weighted by Gasteiger charge is 2.07. The number of urea groups is 1. The summed E-state index contributed by atoms with van der Waals surface area (Å²) in [6, 6.07) is 12.3. The molecular weight excluding hydrogens is 304 g/mol. The van der Waals surface area contributed by atoms with Gasteiger partial charge in [-0.05, 0) is 31.2 Å². The highest BCUT2D eigenvalue weighted by atomic mass is 16.2. The number of carbonyl (C=O) groups excluding carboxylic acids is 1. The molecule has 0 bridgehead atoms. The van der Waals surface area contributed by atoms with E-state index in [1.807, 2.05) is 13.0 Å². The molecule has 0 radical (unpaired) electrons. The molecule has 1 aromatic carbocycles. The van der Waals surface area contributed by atoms with Crippen molar-refractivity contribution in [3.8, 4) is 17.3 Å². The fourth-order valence-electron chi connectivity index (χ4n) is 2.18. The number of anilines is 1. The van der Waals surface area contributed by atoms with Gasteiger partial charge in [0.05, 0.1) is 23.5 Å². The molecule has 118 valence electrons. The van der Waals surface area contributed by atoms with Crippen LogP contribution in [0.2, 0.25) is 0 Å². The number of carbonyl (C=O) groups is 1. The van der Waals surface area contributed by atoms with Crippen LogP contribution < -0.4 is 10.6 Å².